The number of piperidine rings is 1. The highest BCUT2D eigenvalue weighted by Crippen LogP contribution is 2.25. The van der Waals surface area contributed by atoms with Crippen LogP contribution in [0.25, 0.3) is 0 Å². The van der Waals surface area contributed by atoms with Gasteiger partial charge in [-0.2, -0.15) is 0 Å². The van der Waals surface area contributed by atoms with E-state index in [9.17, 15) is 9.18 Å². The van der Waals surface area contributed by atoms with E-state index in [2.05, 4.69) is 10.2 Å². The van der Waals surface area contributed by atoms with Gasteiger partial charge in [0.05, 0.1) is 10.9 Å². The Bertz CT molecular complexity index is 600. The molecule has 2 aliphatic heterocycles. The topological polar surface area (TPSA) is 44.8 Å². The van der Waals surface area contributed by atoms with E-state index in [1.165, 1.54) is 12.1 Å². The van der Waals surface area contributed by atoms with Crippen LogP contribution in [-0.4, -0.2) is 68.1 Å². The van der Waals surface area contributed by atoms with Gasteiger partial charge in [0, 0.05) is 39.3 Å². The molecule has 1 atom stereocenters. The van der Waals surface area contributed by atoms with Crippen molar-refractivity contribution in [1.82, 2.24) is 15.1 Å². The molecule has 2 aliphatic rings. The van der Waals surface area contributed by atoms with Gasteiger partial charge in [0.25, 0.3) is 0 Å². The van der Waals surface area contributed by atoms with E-state index in [-0.39, 0.29) is 35.1 Å². The van der Waals surface area contributed by atoms with Crippen LogP contribution in [0.1, 0.15) is 12.8 Å². The molecule has 5 nitrogen and oxygen atoms in total. The smallest absolute Gasteiger partial charge is 0.227 e. The van der Waals surface area contributed by atoms with Crippen molar-refractivity contribution in [2.45, 2.75) is 12.8 Å². The Morgan fingerprint density at radius 1 is 1.31 bits per heavy atom. The molecule has 1 unspecified atom stereocenters. The Morgan fingerprint density at radius 3 is 2.81 bits per heavy atom. The fourth-order valence-electron chi connectivity index (χ4n) is 3.48. The maximum Gasteiger partial charge on any atom is 0.227 e. The van der Waals surface area contributed by atoms with Gasteiger partial charge in [-0.15, -0.1) is 12.4 Å². The van der Waals surface area contributed by atoms with E-state index < -0.39 is 0 Å². The predicted molar refractivity (Wildman–Crippen MR) is 103 cm³/mol. The average molecular weight is 406 g/mol. The third-order valence-electron chi connectivity index (χ3n) is 4.84. The van der Waals surface area contributed by atoms with E-state index >= 15 is 0 Å². The number of rotatable bonds is 5. The van der Waals surface area contributed by atoms with Crippen molar-refractivity contribution in [1.29, 1.82) is 0 Å². The number of benzene rings is 1. The Hall–Kier alpha value is -1.08. The van der Waals surface area contributed by atoms with Gasteiger partial charge in [0.15, 0.2) is 0 Å². The molecule has 2 heterocycles. The van der Waals surface area contributed by atoms with Crippen LogP contribution in [0, 0.1) is 11.7 Å². The van der Waals surface area contributed by atoms with E-state index in [1.807, 2.05) is 4.90 Å². The maximum atomic E-state index is 13.0. The van der Waals surface area contributed by atoms with Gasteiger partial charge in [-0.25, -0.2) is 4.39 Å². The van der Waals surface area contributed by atoms with Gasteiger partial charge in [0.1, 0.15) is 18.2 Å². The molecular formula is C18H26Cl2FN3O2. The number of nitrogens with zero attached hydrogens (tertiary/aromatic N) is 2. The first-order valence-corrected chi connectivity index (χ1v) is 9.31. The highest BCUT2D eigenvalue weighted by molar-refractivity contribution is 6.32. The van der Waals surface area contributed by atoms with Gasteiger partial charge >= 0.3 is 0 Å². The minimum Gasteiger partial charge on any atom is -0.491 e. The highest BCUT2D eigenvalue weighted by Gasteiger charge is 2.29. The molecule has 1 amide bonds. The summed E-state index contributed by atoms with van der Waals surface area (Å²) in [5.74, 6) is 0.492. The van der Waals surface area contributed by atoms with Crippen LogP contribution < -0.4 is 10.1 Å². The van der Waals surface area contributed by atoms with Gasteiger partial charge in [0.2, 0.25) is 5.91 Å². The third-order valence-corrected chi connectivity index (χ3v) is 5.14. The summed E-state index contributed by atoms with van der Waals surface area (Å²) in [6.45, 7) is 6.35. The lowest BCUT2D eigenvalue weighted by molar-refractivity contribution is -0.138. The van der Waals surface area contributed by atoms with Crippen LogP contribution in [0.2, 0.25) is 5.02 Å². The van der Waals surface area contributed by atoms with Gasteiger partial charge < -0.3 is 15.0 Å². The van der Waals surface area contributed by atoms with Gasteiger partial charge in [-0.1, -0.05) is 11.6 Å². The van der Waals surface area contributed by atoms with Gasteiger partial charge in [-0.3, -0.25) is 9.69 Å². The van der Waals surface area contributed by atoms with Gasteiger partial charge in [-0.05, 0) is 37.6 Å². The first-order chi connectivity index (χ1) is 12.1. The van der Waals surface area contributed by atoms with Crippen molar-refractivity contribution in [2.24, 2.45) is 5.92 Å². The highest BCUT2D eigenvalue weighted by atomic mass is 35.5. The lowest BCUT2D eigenvalue weighted by Gasteiger charge is -2.36. The second-order valence-electron chi connectivity index (χ2n) is 6.64. The largest absolute Gasteiger partial charge is 0.491 e. The molecule has 0 aromatic heterocycles. The number of likely N-dealkylation sites (tertiary alicyclic amines) is 1. The normalized spacial score (nSPS) is 21.2. The Labute approximate surface area is 165 Å². The van der Waals surface area contributed by atoms with Crippen molar-refractivity contribution < 1.29 is 13.9 Å². The van der Waals surface area contributed by atoms with E-state index in [1.54, 1.807) is 6.07 Å². The summed E-state index contributed by atoms with van der Waals surface area (Å²) in [4.78, 5) is 16.9. The molecule has 1 aromatic carbocycles. The fourth-order valence-corrected chi connectivity index (χ4v) is 3.70. The van der Waals surface area contributed by atoms with E-state index in [4.69, 9.17) is 16.3 Å². The van der Waals surface area contributed by atoms with Crippen LogP contribution in [0.4, 0.5) is 4.39 Å². The fraction of sp³-hybridized carbons (Fsp3) is 0.611. The number of hydrogen-bond donors (Lipinski definition) is 1. The summed E-state index contributed by atoms with van der Waals surface area (Å²) in [6, 6.07) is 4.13. The average Bonchev–Trinajstić information content (AvgIpc) is 2.64. The zero-order chi connectivity index (χ0) is 17.6. The van der Waals surface area contributed by atoms with Crippen LogP contribution in [0.3, 0.4) is 0 Å². The SMILES string of the molecule is Cl.O=C(C1CCCN(CCOc2ccc(F)cc2Cl)C1)N1CCNCC1. The second kappa shape index (κ2) is 10.3. The number of nitrogens with one attached hydrogen (secondary N) is 1. The lowest BCUT2D eigenvalue weighted by atomic mass is 9.96. The molecule has 0 spiro atoms. The summed E-state index contributed by atoms with van der Waals surface area (Å²) in [5, 5.41) is 3.56. The zero-order valence-electron chi connectivity index (χ0n) is 14.8. The summed E-state index contributed by atoms with van der Waals surface area (Å²) in [7, 11) is 0. The standard InChI is InChI=1S/C18H25ClFN3O2.ClH/c19-16-12-15(20)3-4-17(16)25-11-10-22-7-1-2-14(13-22)18(24)23-8-5-21-6-9-23;/h3-4,12,14,21H,1-2,5-11,13H2;1H. The lowest BCUT2D eigenvalue weighted by Crippen LogP contribution is -2.51. The molecule has 2 saturated heterocycles. The van der Waals surface area contributed by atoms with Crippen LogP contribution >= 0.6 is 24.0 Å². The molecule has 2 fully saturated rings. The monoisotopic (exact) mass is 405 g/mol. The van der Waals surface area contributed by atoms with Crippen molar-refractivity contribution in [2.75, 3.05) is 52.4 Å². The molecule has 3 rings (SSSR count). The molecule has 1 aromatic rings. The van der Waals surface area contributed by atoms with E-state index in [0.29, 0.717) is 12.4 Å². The molecule has 0 radical (unpaired) electrons. The molecule has 1 N–H and O–H groups in total. The summed E-state index contributed by atoms with van der Waals surface area (Å²) < 4.78 is 18.7. The van der Waals surface area contributed by atoms with Crippen LogP contribution in [-0.2, 0) is 4.79 Å². The number of piperazine rings is 1. The van der Waals surface area contributed by atoms with Crippen molar-refractivity contribution in [3.8, 4) is 5.75 Å². The summed E-state index contributed by atoms with van der Waals surface area (Å²) in [6.07, 6.45) is 1.99. The maximum absolute atomic E-state index is 13.0. The molecule has 8 heteroatoms. The van der Waals surface area contributed by atoms with Crippen molar-refractivity contribution >= 4 is 29.9 Å². The van der Waals surface area contributed by atoms with Crippen LogP contribution in [0.15, 0.2) is 18.2 Å². The molecular weight excluding hydrogens is 380 g/mol. The molecule has 146 valence electrons. The first kappa shape index (κ1) is 21.2. The number of carbonyl (C=O) groups is 1. The first-order valence-electron chi connectivity index (χ1n) is 8.93. The summed E-state index contributed by atoms with van der Waals surface area (Å²) >= 11 is 5.97. The number of amides is 1. The molecule has 0 saturated carbocycles. The number of halogens is 3. The number of hydrogen-bond acceptors (Lipinski definition) is 4. The molecule has 0 aliphatic carbocycles. The Morgan fingerprint density at radius 2 is 2.08 bits per heavy atom. The third kappa shape index (κ3) is 5.71. The number of ether oxygens (including phenoxy) is 1. The summed E-state index contributed by atoms with van der Waals surface area (Å²) in [5.41, 5.74) is 0. The number of carbonyl (C=O) groups excluding carboxylic acids is 1. The zero-order valence-corrected chi connectivity index (χ0v) is 16.3. The minimum absolute atomic E-state index is 0. The van der Waals surface area contributed by atoms with Crippen LogP contribution in [0.5, 0.6) is 5.75 Å². The molecule has 0 bridgehead atoms. The van der Waals surface area contributed by atoms with E-state index in [0.717, 1.165) is 58.7 Å². The second-order valence-corrected chi connectivity index (χ2v) is 7.05. The van der Waals surface area contributed by atoms with Crippen molar-refractivity contribution in [3.05, 3.63) is 29.0 Å². The van der Waals surface area contributed by atoms with Crippen molar-refractivity contribution in [3.63, 3.8) is 0 Å². The predicted octanol–water partition coefficient (Wildman–Crippen LogP) is 2.42. The molecule has 26 heavy (non-hydrogen) atoms. The quantitative estimate of drug-likeness (QED) is 0.816. The Kier molecular flexibility index (Phi) is 8.41. The minimum atomic E-state index is -0.373. The Balaban J connectivity index is 0.00000243.